The van der Waals surface area contributed by atoms with Crippen molar-refractivity contribution >= 4 is 17.7 Å². The van der Waals surface area contributed by atoms with Crippen LogP contribution in [0, 0.1) is 0 Å². The number of likely N-dealkylation sites (tertiary alicyclic amines) is 1. The first-order chi connectivity index (χ1) is 13.6. The maximum Gasteiger partial charge on any atom is 0.233 e. The van der Waals surface area contributed by atoms with Gasteiger partial charge in [0.2, 0.25) is 5.91 Å². The van der Waals surface area contributed by atoms with E-state index in [1.165, 1.54) is 18.2 Å². The number of rotatable bonds is 8. The first kappa shape index (κ1) is 20.7. The van der Waals surface area contributed by atoms with Crippen molar-refractivity contribution in [2.45, 2.75) is 63.7 Å². The van der Waals surface area contributed by atoms with E-state index in [4.69, 9.17) is 4.74 Å². The molecule has 0 N–H and O–H groups in total. The van der Waals surface area contributed by atoms with E-state index in [0.29, 0.717) is 11.8 Å². The number of unbranched alkanes of at least 4 members (excludes halogenated alkanes) is 1. The molecular formula is C21H30N4O2S. The summed E-state index contributed by atoms with van der Waals surface area (Å²) in [5, 5.41) is 9.64. The molecule has 2 aromatic rings. The van der Waals surface area contributed by atoms with Gasteiger partial charge in [0.25, 0.3) is 0 Å². The molecule has 1 saturated heterocycles. The average Bonchev–Trinajstić information content (AvgIpc) is 3.13. The first-order valence-electron chi connectivity index (χ1n) is 10.1. The Morgan fingerprint density at radius 1 is 1.25 bits per heavy atom. The van der Waals surface area contributed by atoms with E-state index < -0.39 is 0 Å². The van der Waals surface area contributed by atoms with Crippen LogP contribution in [0.2, 0.25) is 0 Å². The molecule has 152 valence electrons. The molecule has 1 aliphatic heterocycles. The third-order valence-corrected chi connectivity index (χ3v) is 6.20. The molecule has 2 heterocycles. The van der Waals surface area contributed by atoms with Gasteiger partial charge in [-0.25, -0.2) is 0 Å². The number of ether oxygens (including phenoxy) is 1. The molecule has 1 fully saturated rings. The van der Waals surface area contributed by atoms with Gasteiger partial charge in [-0.15, -0.1) is 10.2 Å². The van der Waals surface area contributed by atoms with E-state index in [-0.39, 0.29) is 5.91 Å². The van der Waals surface area contributed by atoms with Crippen molar-refractivity contribution in [3.63, 3.8) is 0 Å². The molecule has 1 unspecified atom stereocenters. The van der Waals surface area contributed by atoms with Crippen LogP contribution in [0.1, 0.15) is 46.0 Å². The Kier molecular flexibility index (Phi) is 7.36. The van der Waals surface area contributed by atoms with Crippen LogP contribution in [0.3, 0.4) is 0 Å². The Balaban J connectivity index is 1.74. The van der Waals surface area contributed by atoms with Gasteiger partial charge in [0, 0.05) is 24.7 Å². The van der Waals surface area contributed by atoms with Crippen molar-refractivity contribution in [3.8, 4) is 17.1 Å². The number of piperidine rings is 1. The molecule has 1 atom stereocenters. The Labute approximate surface area is 171 Å². The third-order valence-electron chi connectivity index (χ3n) is 5.25. The summed E-state index contributed by atoms with van der Waals surface area (Å²) in [6, 6.07) is 8.21. The van der Waals surface area contributed by atoms with Crippen LogP contribution >= 0.6 is 11.8 Å². The molecule has 3 rings (SSSR count). The first-order valence-corrected chi connectivity index (χ1v) is 11.1. The molecule has 0 radical (unpaired) electrons. The highest BCUT2D eigenvalue weighted by atomic mass is 32.2. The van der Waals surface area contributed by atoms with Gasteiger partial charge in [-0.2, -0.15) is 0 Å². The molecular weight excluding hydrogens is 372 g/mol. The molecule has 0 aliphatic carbocycles. The van der Waals surface area contributed by atoms with Gasteiger partial charge in [0.1, 0.15) is 5.75 Å². The molecule has 6 nitrogen and oxygen atoms in total. The van der Waals surface area contributed by atoms with Crippen LogP contribution in [0.15, 0.2) is 29.4 Å². The summed E-state index contributed by atoms with van der Waals surface area (Å²) >= 11 is 1.50. The van der Waals surface area contributed by atoms with Crippen molar-refractivity contribution in [2.24, 2.45) is 0 Å². The number of carbonyl (C=O) groups is 1. The second-order valence-electron chi connectivity index (χ2n) is 7.26. The van der Waals surface area contributed by atoms with E-state index in [2.05, 4.69) is 28.6 Å². The average molecular weight is 403 g/mol. The number of thioether (sulfide) groups is 1. The number of nitrogens with zero attached hydrogens (tertiary/aromatic N) is 4. The Hall–Kier alpha value is -2.02. The maximum atomic E-state index is 12.7. The highest BCUT2D eigenvalue weighted by Crippen LogP contribution is 2.27. The Morgan fingerprint density at radius 3 is 2.71 bits per heavy atom. The number of hydrogen-bond donors (Lipinski definition) is 0. The maximum absolute atomic E-state index is 12.7. The van der Waals surface area contributed by atoms with Crippen molar-refractivity contribution < 1.29 is 9.53 Å². The van der Waals surface area contributed by atoms with E-state index in [9.17, 15) is 4.79 Å². The Bertz CT molecular complexity index is 775. The summed E-state index contributed by atoms with van der Waals surface area (Å²) in [5.74, 6) is 2.28. The molecule has 7 heteroatoms. The fourth-order valence-corrected chi connectivity index (χ4v) is 4.40. The molecule has 1 aromatic carbocycles. The van der Waals surface area contributed by atoms with E-state index in [1.807, 2.05) is 29.2 Å². The fraction of sp³-hybridized carbons (Fsp3) is 0.571. The van der Waals surface area contributed by atoms with Gasteiger partial charge in [-0.1, -0.05) is 25.1 Å². The summed E-state index contributed by atoms with van der Waals surface area (Å²) in [6.07, 6.45) is 5.56. The molecule has 0 saturated carbocycles. The van der Waals surface area contributed by atoms with Gasteiger partial charge in [0.15, 0.2) is 11.0 Å². The monoisotopic (exact) mass is 402 g/mol. The number of benzene rings is 1. The second kappa shape index (κ2) is 9.96. The van der Waals surface area contributed by atoms with Gasteiger partial charge in [0.05, 0.1) is 12.9 Å². The van der Waals surface area contributed by atoms with Crippen LogP contribution in [0.4, 0.5) is 0 Å². The number of carbonyl (C=O) groups excluding carboxylic acids is 1. The van der Waals surface area contributed by atoms with Crippen LogP contribution in [0.5, 0.6) is 5.75 Å². The van der Waals surface area contributed by atoms with Gasteiger partial charge >= 0.3 is 0 Å². The normalized spacial score (nSPS) is 17.0. The standard InChI is InChI=1S/C21H30N4O2S/c1-4-5-13-25-20(17-9-11-18(27-3)12-10-17)22-23-21(25)28-15-19(26)24-14-7-6-8-16(24)2/h9-12,16H,4-8,13-15H2,1-3H3. The van der Waals surface area contributed by atoms with Crippen molar-refractivity contribution in [1.29, 1.82) is 0 Å². The number of hydrogen-bond acceptors (Lipinski definition) is 5. The highest BCUT2D eigenvalue weighted by molar-refractivity contribution is 7.99. The zero-order valence-corrected chi connectivity index (χ0v) is 17.9. The largest absolute Gasteiger partial charge is 0.497 e. The van der Waals surface area contributed by atoms with Crippen LogP contribution in [-0.4, -0.2) is 51.0 Å². The lowest BCUT2D eigenvalue weighted by Crippen LogP contribution is -2.43. The summed E-state index contributed by atoms with van der Waals surface area (Å²) in [5.41, 5.74) is 1.01. The summed E-state index contributed by atoms with van der Waals surface area (Å²) in [4.78, 5) is 14.7. The molecule has 1 aliphatic rings. The van der Waals surface area contributed by atoms with Gasteiger partial charge < -0.3 is 14.2 Å². The lowest BCUT2D eigenvalue weighted by molar-refractivity contribution is -0.131. The van der Waals surface area contributed by atoms with Crippen molar-refractivity contribution in [3.05, 3.63) is 24.3 Å². The smallest absolute Gasteiger partial charge is 0.233 e. The van der Waals surface area contributed by atoms with Crippen LogP contribution in [-0.2, 0) is 11.3 Å². The van der Waals surface area contributed by atoms with Gasteiger partial charge in [-0.05, 0) is 56.9 Å². The van der Waals surface area contributed by atoms with Crippen LogP contribution < -0.4 is 4.74 Å². The topological polar surface area (TPSA) is 60.2 Å². The van der Waals surface area contributed by atoms with Gasteiger partial charge in [-0.3, -0.25) is 4.79 Å². The predicted molar refractivity (Wildman–Crippen MR) is 113 cm³/mol. The number of methoxy groups -OCH3 is 1. The molecule has 1 amide bonds. The van der Waals surface area contributed by atoms with E-state index in [1.54, 1.807) is 7.11 Å². The fourth-order valence-electron chi connectivity index (χ4n) is 3.54. The minimum Gasteiger partial charge on any atom is -0.497 e. The van der Waals surface area contributed by atoms with Crippen LogP contribution in [0.25, 0.3) is 11.4 Å². The predicted octanol–water partition coefficient (Wildman–Crippen LogP) is 4.25. The van der Waals surface area contributed by atoms with Crippen molar-refractivity contribution in [2.75, 3.05) is 19.4 Å². The Morgan fingerprint density at radius 2 is 2.04 bits per heavy atom. The molecule has 1 aromatic heterocycles. The number of aromatic nitrogens is 3. The molecule has 28 heavy (non-hydrogen) atoms. The lowest BCUT2D eigenvalue weighted by atomic mass is 10.0. The third kappa shape index (κ3) is 4.87. The zero-order chi connectivity index (χ0) is 19.9. The minimum absolute atomic E-state index is 0.202. The quantitative estimate of drug-likeness (QED) is 0.618. The summed E-state index contributed by atoms with van der Waals surface area (Å²) in [6.45, 7) is 6.04. The highest BCUT2D eigenvalue weighted by Gasteiger charge is 2.24. The summed E-state index contributed by atoms with van der Waals surface area (Å²) < 4.78 is 7.39. The minimum atomic E-state index is 0.202. The second-order valence-corrected chi connectivity index (χ2v) is 8.20. The SMILES string of the molecule is CCCCn1c(SCC(=O)N2CCCCC2C)nnc1-c1ccc(OC)cc1. The van der Waals surface area contributed by atoms with E-state index in [0.717, 1.165) is 61.1 Å². The number of amides is 1. The molecule has 0 bridgehead atoms. The lowest BCUT2D eigenvalue weighted by Gasteiger charge is -2.33. The summed E-state index contributed by atoms with van der Waals surface area (Å²) in [7, 11) is 1.66. The molecule has 0 spiro atoms. The van der Waals surface area contributed by atoms with E-state index >= 15 is 0 Å². The van der Waals surface area contributed by atoms with Crippen molar-refractivity contribution in [1.82, 2.24) is 19.7 Å². The zero-order valence-electron chi connectivity index (χ0n) is 17.1.